The van der Waals surface area contributed by atoms with Crippen LogP contribution in [-0.2, 0) is 23.1 Å². The number of rotatable bonds is 7. The lowest BCUT2D eigenvalue weighted by Gasteiger charge is -2.06. The third-order valence-corrected chi connectivity index (χ3v) is 5.57. The third-order valence-electron chi connectivity index (χ3n) is 4.18. The van der Waals surface area contributed by atoms with Crippen LogP contribution < -0.4 is 10.5 Å². The Hall–Kier alpha value is -0.850. The van der Waals surface area contributed by atoms with Gasteiger partial charge in [0.15, 0.2) is 0 Å². The van der Waals surface area contributed by atoms with E-state index in [1.165, 1.54) is 0 Å². The molecule has 1 saturated carbocycles. The highest BCUT2D eigenvalue weighted by Crippen LogP contribution is 2.51. The largest absolute Gasteiger partial charge is 0.349 e. The van der Waals surface area contributed by atoms with Gasteiger partial charge in [-0.05, 0) is 30.2 Å². The van der Waals surface area contributed by atoms with Gasteiger partial charge >= 0.3 is 0 Å². The predicted octanol–water partition coefficient (Wildman–Crippen LogP) is 1.68. The smallest absolute Gasteiger partial charge is 0.242 e. The SMILES string of the molecule is CCCn1cc(S(=O)(=O)NCC2CC2(C)C)cc1CN. The lowest BCUT2D eigenvalue weighted by Crippen LogP contribution is -2.26. The van der Waals surface area contributed by atoms with Crippen molar-refractivity contribution in [2.24, 2.45) is 17.1 Å². The van der Waals surface area contributed by atoms with E-state index >= 15 is 0 Å². The Balaban J connectivity index is 2.09. The summed E-state index contributed by atoms with van der Waals surface area (Å²) in [6.45, 7) is 8.05. The number of nitrogens with one attached hydrogen (secondary N) is 1. The standard InChI is InChI=1S/C14H25N3O2S/c1-4-5-17-10-13(6-12(17)8-15)20(18,19)16-9-11-7-14(11,2)3/h6,10-11,16H,4-5,7-9,15H2,1-3H3. The predicted molar refractivity (Wildman–Crippen MR) is 79.7 cm³/mol. The fourth-order valence-corrected chi connectivity index (χ4v) is 3.66. The number of nitrogens with zero attached hydrogens (tertiary/aromatic N) is 1. The van der Waals surface area contributed by atoms with Crippen molar-refractivity contribution < 1.29 is 8.42 Å². The van der Waals surface area contributed by atoms with Crippen LogP contribution in [0.3, 0.4) is 0 Å². The van der Waals surface area contributed by atoms with Gasteiger partial charge in [0.1, 0.15) is 0 Å². The van der Waals surface area contributed by atoms with Crippen molar-refractivity contribution in [1.29, 1.82) is 0 Å². The number of aryl methyl sites for hydroxylation is 1. The molecule has 0 radical (unpaired) electrons. The molecule has 3 N–H and O–H groups in total. The van der Waals surface area contributed by atoms with E-state index in [4.69, 9.17) is 5.73 Å². The fourth-order valence-electron chi connectivity index (χ4n) is 2.51. The summed E-state index contributed by atoms with van der Waals surface area (Å²) in [5, 5.41) is 0. The van der Waals surface area contributed by atoms with E-state index in [0.717, 1.165) is 25.1 Å². The first-order valence-electron chi connectivity index (χ1n) is 7.19. The van der Waals surface area contributed by atoms with Gasteiger partial charge < -0.3 is 10.3 Å². The summed E-state index contributed by atoms with van der Waals surface area (Å²) in [5.74, 6) is 0.448. The van der Waals surface area contributed by atoms with Crippen LogP contribution in [0.2, 0.25) is 0 Å². The molecule has 1 unspecified atom stereocenters. The van der Waals surface area contributed by atoms with Gasteiger partial charge in [0, 0.05) is 31.5 Å². The summed E-state index contributed by atoms with van der Waals surface area (Å²) < 4.78 is 29.2. The topological polar surface area (TPSA) is 77.1 Å². The van der Waals surface area contributed by atoms with Crippen LogP contribution in [0.5, 0.6) is 0 Å². The Kier molecular flexibility index (Phi) is 4.27. The maximum Gasteiger partial charge on any atom is 0.242 e. The molecule has 5 nitrogen and oxygen atoms in total. The number of hydrogen-bond acceptors (Lipinski definition) is 3. The van der Waals surface area contributed by atoms with Crippen LogP contribution in [0, 0.1) is 11.3 Å². The molecular weight excluding hydrogens is 274 g/mol. The van der Waals surface area contributed by atoms with Crippen molar-refractivity contribution in [1.82, 2.24) is 9.29 Å². The molecule has 1 heterocycles. The first kappa shape index (κ1) is 15.5. The maximum atomic E-state index is 12.3. The molecule has 0 aliphatic heterocycles. The van der Waals surface area contributed by atoms with Gasteiger partial charge in [0.2, 0.25) is 10.0 Å². The van der Waals surface area contributed by atoms with Gasteiger partial charge in [-0.3, -0.25) is 0 Å². The Bertz CT molecular complexity index is 575. The summed E-state index contributed by atoms with van der Waals surface area (Å²) in [6.07, 6.45) is 3.72. The van der Waals surface area contributed by atoms with Gasteiger partial charge in [-0.1, -0.05) is 20.8 Å². The van der Waals surface area contributed by atoms with Crippen LogP contribution in [0.1, 0.15) is 39.3 Å². The van der Waals surface area contributed by atoms with Crippen LogP contribution in [0.25, 0.3) is 0 Å². The van der Waals surface area contributed by atoms with Crippen molar-refractivity contribution in [2.45, 2.75) is 51.6 Å². The lowest BCUT2D eigenvalue weighted by molar-refractivity contribution is 0.537. The number of nitrogens with two attached hydrogens (primary N) is 1. The molecule has 6 heteroatoms. The van der Waals surface area contributed by atoms with Crippen molar-refractivity contribution in [3.05, 3.63) is 18.0 Å². The Morgan fingerprint density at radius 2 is 2.15 bits per heavy atom. The van der Waals surface area contributed by atoms with Crippen LogP contribution in [-0.4, -0.2) is 19.5 Å². The molecule has 1 atom stereocenters. The van der Waals surface area contributed by atoms with E-state index in [-0.39, 0.29) is 5.41 Å². The van der Waals surface area contributed by atoms with E-state index in [0.29, 0.717) is 23.9 Å². The highest BCUT2D eigenvalue weighted by Gasteiger charge is 2.45. The Morgan fingerprint density at radius 1 is 1.50 bits per heavy atom. The zero-order valence-electron chi connectivity index (χ0n) is 12.5. The van der Waals surface area contributed by atoms with Gasteiger partial charge in [0.05, 0.1) is 4.90 Å². The molecule has 0 saturated heterocycles. The highest BCUT2D eigenvalue weighted by atomic mass is 32.2. The summed E-state index contributed by atoms with van der Waals surface area (Å²) in [6, 6.07) is 1.68. The number of hydrogen-bond donors (Lipinski definition) is 2. The number of sulfonamides is 1. The summed E-state index contributed by atoms with van der Waals surface area (Å²) in [7, 11) is -3.42. The van der Waals surface area contributed by atoms with Gasteiger partial charge in [-0.15, -0.1) is 0 Å². The van der Waals surface area contributed by atoms with Crippen molar-refractivity contribution >= 4 is 10.0 Å². The highest BCUT2D eigenvalue weighted by molar-refractivity contribution is 7.89. The van der Waals surface area contributed by atoms with Gasteiger partial charge in [-0.25, -0.2) is 13.1 Å². The fraction of sp³-hybridized carbons (Fsp3) is 0.714. The van der Waals surface area contributed by atoms with E-state index < -0.39 is 10.0 Å². The second kappa shape index (κ2) is 5.50. The minimum atomic E-state index is -3.42. The number of aromatic nitrogens is 1. The van der Waals surface area contributed by atoms with Crippen molar-refractivity contribution in [2.75, 3.05) is 6.54 Å². The van der Waals surface area contributed by atoms with Crippen molar-refractivity contribution in [3.63, 3.8) is 0 Å². The normalized spacial score (nSPS) is 21.1. The summed E-state index contributed by atoms with van der Waals surface area (Å²) in [4.78, 5) is 0.324. The van der Waals surface area contributed by atoms with Crippen molar-refractivity contribution in [3.8, 4) is 0 Å². The van der Waals surface area contributed by atoms with Gasteiger partial charge in [0.25, 0.3) is 0 Å². The molecule has 0 amide bonds. The Morgan fingerprint density at radius 3 is 2.65 bits per heavy atom. The second-order valence-electron chi connectivity index (χ2n) is 6.31. The molecule has 0 spiro atoms. The lowest BCUT2D eigenvalue weighted by atomic mass is 10.1. The first-order valence-corrected chi connectivity index (χ1v) is 8.67. The van der Waals surface area contributed by atoms with E-state index in [1.54, 1.807) is 12.3 Å². The molecular formula is C14H25N3O2S. The zero-order valence-corrected chi connectivity index (χ0v) is 13.3. The third kappa shape index (κ3) is 3.24. The van der Waals surface area contributed by atoms with E-state index in [9.17, 15) is 8.42 Å². The first-order chi connectivity index (χ1) is 9.30. The average molecular weight is 299 g/mol. The molecule has 0 bridgehead atoms. The minimum absolute atomic E-state index is 0.277. The minimum Gasteiger partial charge on any atom is -0.349 e. The molecule has 114 valence electrons. The zero-order chi connectivity index (χ0) is 15.0. The van der Waals surface area contributed by atoms with E-state index in [2.05, 4.69) is 25.5 Å². The van der Waals surface area contributed by atoms with Crippen LogP contribution in [0.4, 0.5) is 0 Å². The molecule has 20 heavy (non-hydrogen) atoms. The summed E-state index contributed by atoms with van der Waals surface area (Å²) >= 11 is 0. The van der Waals surface area contributed by atoms with Crippen LogP contribution in [0.15, 0.2) is 17.2 Å². The molecule has 1 fully saturated rings. The van der Waals surface area contributed by atoms with Gasteiger partial charge in [-0.2, -0.15) is 0 Å². The summed E-state index contributed by atoms with van der Waals surface area (Å²) in [5.41, 5.74) is 6.81. The average Bonchev–Trinajstić information content (AvgIpc) is 2.80. The Labute approximate surface area is 121 Å². The molecule has 1 aliphatic rings. The molecule has 1 aliphatic carbocycles. The van der Waals surface area contributed by atoms with Crippen LogP contribution >= 0.6 is 0 Å². The monoisotopic (exact) mass is 299 g/mol. The molecule has 0 aromatic carbocycles. The molecule has 2 rings (SSSR count). The van der Waals surface area contributed by atoms with E-state index in [1.807, 2.05) is 4.57 Å². The molecule has 1 aromatic heterocycles. The maximum absolute atomic E-state index is 12.3. The second-order valence-corrected chi connectivity index (χ2v) is 8.07. The quantitative estimate of drug-likeness (QED) is 0.804. The molecule has 1 aromatic rings.